The van der Waals surface area contributed by atoms with Gasteiger partial charge in [0.1, 0.15) is 0 Å². The van der Waals surface area contributed by atoms with Gasteiger partial charge in [-0.2, -0.15) is 0 Å². The summed E-state index contributed by atoms with van der Waals surface area (Å²) in [5.74, 6) is 0.787. The van der Waals surface area contributed by atoms with Gasteiger partial charge in [-0.3, -0.25) is 0 Å². The predicted octanol–water partition coefficient (Wildman–Crippen LogP) is 7.17. The molecule has 0 bridgehead atoms. The summed E-state index contributed by atoms with van der Waals surface area (Å²) in [5.41, 5.74) is 2.16. The van der Waals surface area contributed by atoms with Crippen molar-refractivity contribution in [2.24, 2.45) is 0 Å². The monoisotopic (exact) mass is 430 g/mol. The Bertz CT molecular complexity index is 852. The van der Waals surface area contributed by atoms with Crippen molar-refractivity contribution in [3.8, 4) is 0 Å². The Balaban J connectivity index is 1.81. The summed E-state index contributed by atoms with van der Waals surface area (Å²) in [6.45, 7) is 0.757. The van der Waals surface area contributed by atoms with Crippen LogP contribution in [0.1, 0.15) is 16.4 Å². The molecule has 25 heavy (non-hydrogen) atoms. The lowest BCUT2D eigenvalue weighted by Crippen LogP contribution is -2.06. The van der Waals surface area contributed by atoms with Crippen molar-refractivity contribution in [2.45, 2.75) is 17.5 Å². The Morgan fingerprint density at radius 3 is 2.48 bits per heavy atom. The maximum atomic E-state index is 6.43. The summed E-state index contributed by atoms with van der Waals surface area (Å²) in [4.78, 5) is 4.11. The van der Waals surface area contributed by atoms with E-state index in [1.54, 1.807) is 30.4 Å². The van der Waals surface area contributed by atoms with Crippen LogP contribution >= 0.6 is 58.2 Å². The van der Waals surface area contributed by atoms with Crippen LogP contribution in [0.15, 0.2) is 55.1 Å². The molecule has 3 aromatic rings. The van der Waals surface area contributed by atoms with Gasteiger partial charge in [0.25, 0.3) is 0 Å². The van der Waals surface area contributed by atoms with Crippen LogP contribution in [0.2, 0.25) is 20.1 Å². The second kappa shape index (κ2) is 8.70. The molecule has 0 saturated heterocycles. The smallest absolute Gasteiger partial charge is 0.0946 e. The molecule has 0 aliphatic heterocycles. The van der Waals surface area contributed by atoms with E-state index in [-0.39, 0.29) is 5.25 Å². The van der Waals surface area contributed by atoms with Crippen LogP contribution in [0, 0.1) is 0 Å². The van der Waals surface area contributed by atoms with Crippen molar-refractivity contribution in [3.63, 3.8) is 0 Å². The minimum absolute atomic E-state index is 0.147. The number of nitrogens with zero attached hydrogens (tertiary/aromatic N) is 2. The molecule has 0 N–H and O–H groups in total. The molecule has 0 amide bonds. The topological polar surface area (TPSA) is 17.8 Å². The zero-order chi connectivity index (χ0) is 17.8. The molecule has 2 aromatic carbocycles. The van der Waals surface area contributed by atoms with Crippen LogP contribution in [0.25, 0.3) is 0 Å². The minimum atomic E-state index is 0.147. The molecule has 1 aromatic heterocycles. The SMILES string of the molecule is Clc1ccc(C(Cn2ccnc2)SCc2ccc(Cl)c(Cl)c2)c(Cl)c1. The molecule has 0 spiro atoms. The highest BCUT2D eigenvalue weighted by Gasteiger charge is 2.17. The average molecular weight is 432 g/mol. The van der Waals surface area contributed by atoms with Gasteiger partial charge in [0.15, 0.2) is 0 Å². The molecule has 2 nitrogen and oxygen atoms in total. The van der Waals surface area contributed by atoms with Crippen molar-refractivity contribution in [1.29, 1.82) is 0 Å². The Morgan fingerprint density at radius 1 is 0.960 bits per heavy atom. The Kier molecular flexibility index (Phi) is 6.59. The quantitative estimate of drug-likeness (QED) is 0.411. The van der Waals surface area contributed by atoms with E-state index in [4.69, 9.17) is 46.4 Å². The lowest BCUT2D eigenvalue weighted by molar-refractivity contribution is 0.683. The summed E-state index contributed by atoms with van der Waals surface area (Å²) in [6, 6.07) is 11.3. The van der Waals surface area contributed by atoms with Gasteiger partial charge in [-0.25, -0.2) is 4.98 Å². The number of imidazole rings is 1. The number of hydrogen-bond donors (Lipinski definition) is 0. The van der Waals surface area contributed by atoms with Crippen molar-refractivity contribution in [3.05, 3.63) is 86.3 Å². The first-order chi connectivity index (χ1) is 12.0. The van der Waals surface area contributed by atoms with Crippen LogP contribution in [0.5, 0.6) is 0 Å². The fourth-order valence-corrected chi connectivity index (χ4v) is 4.58. The van der Waals surface area contributed by atoms with Crippen molar-refractivity contribution in [2.75, 3.05) is 0 Å². The van der Waals surface area contributed by atoms with Crippen LogP contribution < -0.4 is 0 Å². The van der Waals surface area contributed by atoms with E-state index < -0.39 is 0 Å². The van der Waals surface area contributed by atoms with Crippen LogP contribution in [0.4, 0.5) is 0 Å². The van der Waals surface area contributed by atoms with Crippen molar-refractivity contribution >= 4 is 58.2 Å². The van der Waals surface area contributed by atoms with E-state index in [9.17, 15) is 0 Å². The number of rotatable bonds is 6. The van der Waals surface area contributed by atoms with Crippen LogP contribution in [-0.2, 0) is 12.3 Å². The molecule has 0 aliphatic rings. The number of hydrogen-bond acceptors (Lipinski definition) is 2. The van der Waals surface area contributed by atoms with E-state index in [0.29, 0.717) is 20.1 Å². The van der Waals surface area contributed by atoms with Crippen LogP contribution in [-0.4, -0.2) is 9.55 Å². The summed E-state index contributed by atoms with van der Waals surface area (Å²) >= 11 is 26.4. The highest BCUT2D eigenvalue weighted by molar-refractivity contribution is 7.98. The molecule has 7 heteroatoms. The number of thioether (sulfide) groups is 1. The largest absolute Gasteiger partial charge is 0.336 e. The van der Waals surface area contributed by atoms with Gasteiger partial charge in [0.05, 0.1) is 16.4 Å². The van der Waals surface area contributed by atoms with E-state index in [1.165, 1.54) is 0 Å². The number of benzene rings is 2. The summed E-state index contributed by atoms with van der Waals surface area (Å²) in [7, 11) is 0. The third-order valence-corrected chi connectivity index (χ3v) is 6.29. The molecule has 130 valence electrons. The first-order valence-electron chi connectivity index (χ1n) is 7.49. The molecule has 3 rings (SSSR count). The zero-order valence-corrected chi connectivity index (χ0v) is 16.8. The van der Waals surface area contributed by atoms with Gasteiger partial charge >= 0.3 is 0 Å². The highest BCUT2D eigenvalue weighted by atomic mass is 35.5. The zero-order valence-electron chi connectivity index (χ0n) is 13.0. The Morgan fingerprint density at radius 2 is 1.80 bits per heavy atom. The minimum Gasteiger partial charge on any atom is -0.336 e. The van der Waals surface area contributed by atoms with Crippen molar-refractivity contribution < 1.29 is 0 Å². The molecule has 0 radical (unpaired) electrons. The van der Waals surface area contributed by atoms with Gasteiger partial charge in [-0.15, -0.1) is 11.8 Å². The van der Waals surface area contributed by atoms with E-state index >= 15 is 0 Å². The fraction of sp³-hybridized carbons (Fsp3) is 0.167. The second-order valence-electron chi connectivity index (χ2n) is 5.47. The van der Waals surface area contributed by atoms with E-state index in [0.717, 1.165) is 23.4 Å². The first-order valence-corrected chi connectivity index (χ1v) is 10.0. The first kappa shape index (κ1) is 18.9. The molecule has 0 saturated carbocycles. The summed E-state index contributed by atoms with van der Waals surface area (Å²) in [5, 5.41) is 2.57. The fourth-order valence-electron chi connectivity index (χ4n) is 2.42. The Labute approximate surface area is 171 Å². The Hall–Kier alpha value is -0.840. The third-order valence-electron chi connectivity index (χ3n) is 3.68. The van der Waals surface area contributed by atoms with Crippen molar-refractivity contribution in [1.82, 2.24) is 9.55 Å². The molecule has 1 atom stereocenters. The van der Waals surface area contributed by atoms with Gasteiger partial charge < -0.3 is 4.57 Å². The molecular formula is C18H14Cl4N2S. The standard InChI is InChI=1S/C18H14Cl4N2S/c19-13-2-3-14(16(21)8-13)18(9-24-6-5-23-11-24)25-10-12-1-4-15(20)17(22)7-12/h1-8,11,18H,9-10H2. The maximum Gasteiger partial charge on any atom is 0.0946 e. The molecule has 0 aliphatic carbocycles. The lowest BCUT2D eigenvalue weighted by Gasteiger charge is -2.19. The molecule has 0 fully saturated rings. The summed E-state index contributed by atoms with van der Waals surface area (Å²) in [6.07, 6.45) is 5.51. The highest BCUT2D eigenvalue weighted by Crippen LogP contribution is 2.38. The summed E-state index contributed by atoms with van der Waals surface area (Å²) < 4.78 is 2.04. The number of aromatic nitrogens is 2. The van der Waals surface area contributed by atoms with Crippen LogP contribution in [0.3, 0.4) is 0 Å². The molecular weight excluding hydrogens is 418 g/mol. The van der Waals surface area contributed by atoms with Gasteiger partial charge in [-0.1, -0.05) is 58.5 Å². The van der Waals surface area contributed by atoms with E-state index in [2.05, 4.69) is 4.98 Å². The normalized spacial score (nSPS) is 12.3. The molecule has 1 heterocycles. The van der Waals surface area contributed by atoms with Gasteiger partial charge in [0, 0.05) is 40.0 Å². The van der Waals surface area contributed by atoms with Gasteiger partial charge in [0.2, 0.25) is 0 Å². The number of halogens is 4. The predicted molar refractivity (Wildman–Crippen MR) is 109 cm³/mol. The average Bonchev–Trinajstić information content (AvgIpc) is 3.08. The lowest BCUT2D eigenvalue weighted by atomic mass is 10.1. The molecule has 1 unspecified atom stereocenters. The van der Waals surface area contributed by atoms with E-state index in [1.807, 2.05) is 41.1 Å². The maximum absolute atomic E-state index is 6.43. The third kappa shape index (κ3) is 5.08. The second-order valence-corrected chi connectivity index (χ2v) is 8.32. The van der Waals surface area contributed by atoms with Gasteiger partial charge in [-0.05, 0) is 35.4 Å².